The number of carbonyl (C=O) groups excluding carboxylic acids is 1. The molecule has 42 heavy (non-hydrogen) atoms. The van der Waals surface area contributed by atoms with Gasteiger partial charge in [-0.25, -0.2) is 9.37 Å². The quantitative estimate of drug-likeness (QED) is 0.267. The van der Waals surface area contributed by atoms with Crippen LogP contribution in [0.2, 0.25) is 0 Å². The summed E-state index contributed by atoms with van der Waals surface area (Å²) in [7, 11) is 0. The topological polar surface area (TPSA) is 119 Å². The molecule has 0 saturated heterocycles. The zero-order valence-electron chi connectivity index (χ0n) is 22.7. The Bertz CT molecular complexity index is 1520. The van der Waals surface area contributed by atoms with E-state index in [0.29, 0.717) is 28.3 Å². The van der Waals surface area contributed by atoms with E-state index in [9.17, 15) is 27.5 Å². The molecule has 5 N–H and O–H groups in total. The molecule has 8 nitrogen and oxygen atoms in total. The Morgan fingerprint density at radius 1 is 1.07 bits per heavy atom. The van der Waals surface area contributed by atoms with E-state index in [-0.39, 0.29) is 30.0 Å². The first-order valence-electron chi connectivity index (χ1n) is 13.7. The van der Waals surface area contributed by atoms with Gasteiger partial charge in [0.1, 0.15) is 5.82 Å². The summed E-state index contributed by atoms with van der Waals surface area (Å²) in [5.41, 5.74) is 2.09. The maximum Gasteiger partial charge on any atom is 0.424 e. The number of benzene rings is 2. The van der Waals surface area contributed by atoms with E-state index in [0.717, 1.165) is 43.9 Å². The van der Waals surface area contributed by atoms with Gasteiger partial charge in [-0.1, -0.05) is 0 Å². The lowest BCUT2D eigenvalue weighted by molar-refractivity contribution is -0.265. The van der Waals surface area contributed by atoms with Crippen LogP contribution in [0.3, 0.4) is 0 Å². The first-order chi connectivity index (χ1) is 19.8. The summed E-state index contributed by atoms with van der Waals surface area (Å²) in [6.45, 7) is 0.614. The van der Waals surface area contributed by atoms with Crippen LogP contribution in [0.5, 0.6) is 11.5 Å². The van der Waals surface area contributed by atoms with Crippen LogP contribution in [0, 0.1) is 5.82 Å². The van der Waals surface area contributed by atoms with Gasteiger partial charge in [0, 0.05) is 23.2 Å². The Balaban J connectivity index is 1.32. The van der Waals surface area contributed by atoms with E-state index in [1.807, 2.05) is 0 Å². The van der Waals surface area contributed by atoms with Gasteiger partial charge in [0.2, 0.25) is 5.60 Å². The lowest BCUT2D eigenvalue weighted by Crippen LogP contribution is -2.51. The second-order valence-corrected chi connectivity index (χ2v) is 11.4. The van der Waals surface area contributed by atoms with Gasteiger partial charge in [-0.3, -0.25) is 4.79 Å². The maximum atomic E-state index is 14.6. The van der Waals surface area contributed by atoms with Crippen molar-refractivity contribution < 1.29 is 36.9 Å². The van der Waals surface area contributed by atoms with Crippen molar-refractivity contribution in [3.8, 4) is 22.8 Å². The highest BCUT2D eigenvalue weighted by Gasteiger charge is 2.57. The highest BCUT2D eigenvalue weighted by molar-refractivity contribution is 5.95. The fourth-order valence-electron chi connectivity index (χ4n) is 4.79. The van der Waals surface area contributed by atoms with Crippen LogP contribution < -0.4 is 25.8 Å². The number of hydrogen-bond acceptors (Lipinski definition) is 7. The van der Waals surface area contributed by atoms with Gasteiger partial charge in [-0.15, -0.1) is 0 Å². The van der Waals surface area contributed by atoms with Gasteiger partial charge in [0.15, 0.2) is 11.5 Å². The van der Waals surface area contributed by atoms with Gasteiger partial charge in [0.05, 0.1) is 41.4 Å². The van der Waals surface area contributed by atoms with Crippen LogP contribution in [0.15, 0.2) is 48.5 Å². The fourth-order valence-corrected chi connectivity index (χ4v) is 4.79. The lowest BCUT2D eigenvalue weighted by Gasteiger charge is -2.31. The van der Waals surface area contributed by atoms with Gasteiger partial charge >= 0.3 is 6.18 Å². The second-order valence-electron chi connectivity index (χ2n) is 11.4. The number of hydrogen-bond donors (Lipinski definition) is 4. The van der Waals surface area contributed by atoms with Gasteiger partial charge in [-0.05, 0) is 81.1 Å². The van der Waals surface area contributed by atoms with Crippen LogP contribution in [0.25, 0.3) is 11.3 Å². The van der Waals surface area contributed by atoms with Crippen molar-refractivity contribution in [3.63, 3.8) is 0 Å². The first kappa shape index (κ1) is 28.2. The number of nitrogens with two attached hydrogens (primary N) is 1. The molecular weight excluding hydrogens is 556 g/mol. The Hall–Kier alpha value is -3.90. The normalized spacial score (nSPS) is 21.2. The van der Waals surface area contributed by atoms with Crippen molar-refractivity contribution in [1.82, 2.24) is 10.3 Å². The molecule has 1 aliphatic heterocycles. The molecule has 0 bridgehead atoms. The van der Waals surface area contributed by atoms with Crippen molar-refractivity contribution in [3.05, 3.63) is 71.2 Å². The van der Waals surface area contributed by atoms with Crippen LogP contribution in [-0.4, -0.2) is 47.5 Å². The highest BCUT2D eigenvalue weighted by atomic mass is 19.4. The number of halogens is 4. The predicted molar refractivity (Wildman–Crippen MR) is 146 cm³/mol. The molecule has 2 fully saturated rings. The zero-order chi connectivity index (χ0) is 29.9. The highest BCUT2D eigenvalue weighted by Crippen LogP contribution is 2.45. The van der Waals surface area contributed by atoms with E-state index >= 15 is 0 Å². The summed E-state index contributed by atoms with van der Waals surface area (Å²) in [5, 5.41) is 16.5. The number of aromatic nitrogens is 1. The molecule has 6 rings (SSSR count). The SMILES string of the molecule is CC1(N)CNc2c1cc(C(O)(CNC(=O)c1ccc(OC3CC3)c(OC3CC3)c1)C(F)(F)F)nc2-c1ccc(F)cc1. The number of nitrogens with one attached hydrogen (secondary N) is 2. The Labute approximate surface area is 239 Å². The summed E-state index contributed by atoms with van der Waals surface area (Å²) < 4.78 is 69.1. The van der Waals surface area contributed by atoms with Gasteiger partial charge < -0.3 is 30.9 Å². The van der Waals surface area contributed by atoms with E-state index in [4.69, 9.17) is 15.2 Å². The molecule has 2 aromatic carbocycles. The van der Waals surface area contributed by atoms with Crippen molar-refractivity contribution in [1.29, 1.82) is 0 Å². The summed E-state index contributed by atoms with van der Waals surface area (Å²) in [6, 6.07) is 10.6. The second kappa shape index (κ2) is 10.1. The number of rotatable bonds is 9. The third-order valence-electron chi connectivity index (χ3n) is 7.62. The molecule has 2 aliphatic carbocycles. The van der Waals surface area contributed by atoms with Gasteiger partial charge in [-0.2, -0.15) is 13.2 Å². The third kappa shape index (κ3) is 5.48. The number of pyridine rings is 1. The molecule has 2 unspecified atom stereocenters. The third-order valence-corrected chi connectivity index (χ3v) is 7.62. The average Bonchev–Trinajstić information content (AvgIpc) is 3.88. The smallest absolute Gasteiger partial charge is 0.424 e. The van der Waals surface area contributed by atoms with E-state index < -0.39 is 41.3 Å². The van der Waals surface area contributed by atoms with E-state index in [1.54, 1.807) is 13.0 Å². The van der Waals surface area contributed by atoms with Crippen molar-refractivity contribution in [2.75, 3.05) is 18.4 Å². The summed E-state index contributed by atoms with van der Waals surface area (Å²) in [4.78, 5) is 17.3. The summed E-state index contributed by atoms with van der Waals surface area (Å²) >= 11 is 0. The monoisotopic (exact) mass is 586 g/mol. The Morgan fingerprint density at radius 2 is 1.71 bits per heavy atom. The minimum Gasteiger partial charge on any atom is -0.487 e. The summed E-state index contributed by atoms with van der Waals surface area (Å²) in [6.07, 6.45) is -1.59. The van der Waals surface area contributed by atoms with Crippen molar-refractivity contribution >= 4 is 11.6 Å². The maximum absolute atomic E-state index is 14.6. The summed E-state index contributed by atoms with van der Waals surface area (Å²) in [5.74, 6) is -0.555. The molecule has 2 saturated carbocycles. The minimum absolute atomic E-state index is 0.00379. The Kier molecular flexibility index (Phi) is 6.81. The molecule has 1 amide bonds. The number of aliphatic hydroxyl groups is 1. The Morgan fingerprint density at radius 3 is 2.33 bits per heavy atom. The number of nitrogens with zero attached hydrogens (tertiary/aromatic N) is 1. The molecule has 2 heterocycles. The zero-order valence-corrected chi connectivity index (χ0v) is 22.7. The number of fused-ring (bicyclic) bond motifs is 1. The predicted octanol–water partition coefficient (Wildman–Crippen LogP) is 4.75. The molecule has 3 aliphatic rings. The van der Waals surface area contributed by atoms with Crippen molar-refractivity contribution in [2.45, 2.75) is 62.1 Å². The molecule has 3 aromatic rings. The largest absolute Gasteiger partial charge is 0.487 e. The first-order valence-corrected chi connectivity index (χ1v) is 13.7. The molecule has 2 atom stereocenters. The van der Waals surface area contributed by atoms with E-state index in [1.165, 1.54) is 24.3 Å². The van der Waals surface area contributed by atoms with Crippen LogP contribution in [0.4, 0.5) is 23.2 Å². The molecular formula is C30H30F4N4O4. The van der Waals surface area contributed by atoms with Crippen molar-refractivity contribution in [2.24, 2.45) is 5.73 Å². The molecule has 0 spiro atoms. The standard InChI is InChI=1S/C30H30F4N4O4/c1-28(35)14-36-26-21(28)13-24(38-25(26)16-2-5-18(31)6-3-16)29(40,30(32,33)34)15-37-27(39)17-4-11-22(41-19-7-8-19)23(12-17)42-20-9-10-20/h2-6,11-13,19-20,36,40H,7-10,14-15,35H2,1H3,(H,37,39). The fraction of sp³-hybridized carbons (Fsp3) is 0.400. The van der Waals surface area contributed by atoms with Crippen LogP contribution >= 0.6 is 0 Å². The molecule has 12 heteroatoms. The number of amides is 1. The molecule has 222 valence electrons. The van der Waals surface area contributed by atoms with Crippen LogP contribution in [0.1, 0.15) is 54.2 Å². The number of alkyl halides is 3. The average molecular weight is 587 g/mol. The van der Waals surface area contributed by atoms with Gasteiger partial charge in [0.25, 0.3) is 5.91 Å². The lowest BCUT2D eigenvalue weighted by atomic mass is 9.89. The van der Waals surface area contributed by atoms with Crippen LogP contribution in [-0.2, 0) is 11.1 Å². The molecule has 1 aromatic heterocycles. The number of carbonyl (C=O) groups is 1. The molecule has 0 radical (unpaired) electrons. The van der Waals surface area contributed by atoms with E-state index in [2.05, 4.69) is 15.6 Å². The minimum atomic E-state index is -5.24. The number of ether oxygens (including phenoxy) is 2. The number of anilines is 1.